The Labute approximate surface area is 83.6 Å². The van der Waals surface area contributed by atoms with Crippen molar-refractivity contribution in [3.05, 3.63) is 0 Å². The minimum absolute atomic E-state index is 0.260. The van der Waals surface area contributed by atoms with Crippen molar-refractivity contribution in [2.75, 3.05) is 13.1 Å². The zero-order valence-electron chi connectivity index (χ0n) is 8.44. The van der Waals surface area contributed by atoms with Gasteiger partial charge in [-0.2, -0.15) is 0 Å². The summed E-state index contributed by atoms with van der Waals surface area (Å²) in [5, 5.41) is 11.7. The first kappa shape index (κ1) is 9.49. The van der Waals surface area contributed by atoms with Gasteiger partial charge in [-0.05, 0) is 12.3 Å². The zero-order chi connectivity index (χ0) is 10.1. The van der Waals surface area contributed by atoms with Crippen LogP contribution >= 0.6 is 0 Å². The van der Waals surface area contributed by atoms with Crippen LogP contribution in [0.4, 0.5) is 0 Å². The largest absolute Gasteiger partial charge is 0.411 e. The summed E-state index contributed by atoms with van der Waals surface area (Å²) >= 11 is 0. The van der Waals surface area contributed by atoms with Crippen molar-refractivity contribution in [1.29, 1.82) is 0 Å². The van der Waals surface area contributed by atoms with E-state index >= 15 is 0 Å². The molecule has 0 aromatic heterocycles. The molecule has 0 radical (unpaired) electrons. The molecule has 1 heterocycles. The molecule has 0 unspecified atom stereocenters. The summed E-state index contributed by atoms with van der Waals surface area (Å²) in [5.41, 5.74) is 0.729. The second-order valence-electron chi connectivity index (χ2n) is 4.19. The first-order valence-corrected chi connectivity index (χ1v) is 5.24. The standard InChI is InChI=1S/C10H16N2O2/c1-2-7-5-9(7)10(13)12-4-3-8(6-12)11-14/h7,9,14H,2-6H2,1H3/b11-8-/t7-,9-/m1/s1. The molecular formula is C10H16N2O2. The third-order valence-corrected chi connectivity index (χ3v) is 3.26. The van der Waals surface area contributed by atoms with Gasteiger partial charge in [0.1, 0.15) is 0 Å². The molecule has 14 heavy (non-hydrogen) atoms. The maximum absolute atomic E-state index is 11.8. The fraction of sp³-hybridized carbons (Fsp3) is 0.800. The number of nitrogens with zero attached hydrogens (tertiary/aromatic N) is 2. The zero-order valence-corrected chi connectivity index (χ0v) is 8.44. The van der Waals surface area contributed by atoms with Gasteiger partial charge in [0.25, 0.3) is 0 Å². The Bertz CT molecular complexity index is 275. The summed E-state index contributed by atoms with van der Waals surface area (Å²) in [6, 6.07) is 0. The fourth-order valence-electron chi connectivity index (χ4n) is 2.15. The van der Waals surface area contributed by atoms with Crippen LogP contribution in [-0.2, 0) is 4.79 Å². The van der Waals surface area contributed by atoms with Crippen LogP contribution in [0.15, 0.2) is 5.16 Å². The average molecular weight is 196 g/mol. The summed E-state index contributed by atoms with van der Waals surface area (Å²) in [4.78, 5) is 13.6. The third kappa shape index (κ3) is 1.61. The van der Waals surface area contributed by atoms with E-state index < -0.39 is 0 Å². The molecule has 2 aliphatic rings. The van der Waals surface area contributed by atoms with Crippen LogP contribution in [0.25, 0.3) is 0 Å². The number of amides is 1. The highest BCUT2D eigenvalue weighted by atomic mass is 16.4. The number of carbonyl (C=O) groups is 1. The molecule has 2 atom stereocenters. The molecule has 4 heteroatoms. The van der Waals surface area contributed by atoms with Gasteiger partial charge >= 0.3 is 0 Å². The molecule has 2 fully saturated rings. The predicted octanol–water partition coefficient (Wildman–Crippen LogP) is 1.09. The van der Waals surface area contributed by atoms with Crippen molar-refractivity contribution < 1.29 is 10.0 Å². The number of oxime groups is 1. The quantitative estimate of drug-likeness (QED) is 0.531. The van der Waals surface area contributed by atoms with Crippen LogP contribution in [0.1, 0.15) is 26.2 Å². The molecule has 0 spiro atoms. The minimum Gasteiger partial charge on any atom is -0.411 e. The molecule has 1 aliphatic heterocycles. The monoisotopic (exact) mass is 196 g/mol. The molecule has 1 saturated carbocycles. The topological polar surface area (TPSA) is 52.9 Å². The lowest BCUT2D eigenvalue weighted by atomic mass is 10.2. The van der Waals surface area contributed by atoms with Crippen molar-refractivity contribution in [1.82, 2.24) is 4.90 Å². The lowest BCUT2D eigenvalue weighted by Gasteiger charge is -2.14. The van der Waals surface area contributed by atoms with E-state index in [-0.39, 0.29) is 11.8 Å². The highest BCUT2D eigenvalue weighted by Gasteiger charge is 2.44. The van der Waals surface area contributed by atoms with E-state index in [1.54, 1.807) is 0 Å². The van der Waals surface area contributed by atoms with Crippen molar-refractivity contribution >= 4 is 11.6 Å². The molecule has 1 amide bonds. The fourth-order valence-corrected chi connectivity index (χ4v) is 2.15. The van der Waals surface area contributed by atoms with Gasteiger partial charge in [0.15, 0.2) is 0 Å². The van der Waals surface area contributed by atoms with Crippen LogP contribution in [0.5, 0.6) is 0 Å². The number of hydrogen-bond acceptors (Lipinski definition) is 3. The van der Waals surface area contributed by atoms with Gasteiger partial charge < -0.3 is 10.1 Å². The average Bonchev–Trinajstić information content (AvgIpc) is 2.85. The van der Waals surface area contributed by atoms with Crippen LogP contribution < -0.4 is 0 Å². The van der Waals surface area contributed by atoms with Gasteiger partial charge in [0, 0.05) is 18.9 Å². The highest BCUT2D eigenvalue weighted by Crippen LogP contribution is 2.42. The molecule has 0 bridgehead atoms. The Kier molecular flexibility index (Phi) is 2.44. The van der Waals surface area contributed by atoms with Gasteiger partial charge in [0.2, 0.25) is 5.91 Å². The Balaban J connectivity index is 1.88. The number of likely N-dealkylation sites (tertiary alicyclic amines) is 1. The van der Waals surface area contributed by atoms with Gasteiger partial charge in [-0.25, -0.2) is 0 Å². The lowest BCUT2D eigenvalue weighted by molar-refractivity contribution is -0.131. The molecule has 78 valence electrons. The molecule has 1 N–H and O–H groups in total. The molecular weight excluding hydrogens is 180 g/mol. The number of carbonyl (C=O) groups excluding carboxylic acids is 1. The summed E-state index contributed by atoms with van der Waals surface area (Å²) in [6.45, 7) is 3.38. The van der Waals surface area contributed by atoms with Crippen molar-refractivity contribution in [2.24, 2.45) is 17.0 Å². The summed E-state index contributed by atoms with van der Waals surface area (Å²) < 4.78 is 0. The second kappa shape index (κ2) is 3.59. The number of rotatable bonds is 2. The van der Waals surface area contributed by atoms with Crippen LogP contribution in [-0.4, -0.2) is 34.8 Å². The molecule has 2 rings (SSSR count). The van der Waals surface area contributed by atoms with E-state index in [9.17, 15) is 4.79 Å². The lowest BCUT2D eigenvalue weighted by Crippen LogP contribution is -2.30. The van der Waals surface area contributed by atoms with Crippen molar-refractivity contribution in [3.8, 4) is 0 Å². The van der Waals surface area contributed by atoms with Gasteiger partial charge in [-0.3, -0.25) is 4.79 Å². The smallest absolute Gasteiger partial charge is 0.226 e. The summed E-state index contributed by atoms with van der Waals surface area (Å²) in [5.74, 6) is 1.13. The maximum Gasteiger partial charge on any atom is 0.226 e. The van der Waals surface area contributed by atoms with E-state index in [0.29, 0.717) is 12.5 Å². The molecule has 1 aliphatic carbocycles. The maximum atomic E-state index is 11.8. The Morgan fingerprint density at radius 1 is 1.71 bits per heavy atom. The van der Waals surface area contributed by atoms with Crippen molar-refractivity contribution in [2.45, 2.75) is 26.2 Å². The number of hydrogen-bond donors (Lipinski definition) is 1. The van der Waals surface area contributed by atoms with Crippen LogP contribution in [0.2, 0.25) is 0 Å². The van der Waals surface area contributed by atoms with Crippen molar-refractivity contribution in [3.63, 3.8) is 0 Å². The minimum atomic E-state index is 0.260. The van der Waals surface area contributed by atoms with E-state index in [0.717, 1.165) is 31.5 Å². The Morgan fingerprint density at radius 3 is 3.00 bits per heavy atom. The van der Waals surface area contributed by atoms with Gasteiger partial charge in [-0.15, -0.1) is 0 Å². The van der Waals surface area contributed by atoms with E-state index in [4.69, 9.17) is 5.21 Å². The SMILES string of the molecule is CC[C@@H]1C[C@H]1C(=O)N1CC/C(=N/O)C1. The summed E-state index contributed by atoms with van der Waals surface area (Å²) in [6.07, 6.45) is 2.88. The van der Waals surface area contributed by atoms with Gasteiger partial charge in [0.05, 0.1) is 12.3 Å². The highest BCUT2D eigenvalue weighted by molar-refractivity contribution is 5.94. The van der Waals surface area contributed by atoms with E-state index in [1.165, 1.54) is 0 Å². The first-order chi connectivity index (χ1) is 6.76. The Morgan fingerprint density at radius 2 is 2.50 bits per heavy atom. The second-order valence-corrected chi connectivity index (χ2v) is 4.19. The van der Waals surface area contributed by atoms with E-state index in [2.05, 4.69) is 12.1 Å². The summed E-state index contributed by atoms with van der Waals surface area (Å²) in [7, 11) is 0. The molecule has 0 aromatic carbocycles. The Hall–Kier alpha value is -1.06. The molecule has 0 aromatic rings. The van der Waals surface area contributed by atoms with Crippen LogP contribution in [0, 0.1) is 11.8 Å². The molecule has 1 saturated heterocycles. The normalized spacial score (nSPS) is 33.8. The predicted molar refractivity (Wildman–Crippen MR) is 52.3 cm³/mol. The van der Waals surface area contributed by atoms with E-state index in [1.807, 2.05) is 4.90 Å². The first-order valence-electron chi connectivity index (χ1n) is 5.24. The van der Waals surface area contributed by atoms with Gasteiger partial charge in [-0.1, -0.05) is 18.5 Å². The molecule has 4 nitrogen and oxygen atoms in total. The van der Waals surface area contributed by atoms with Crippen LogP contribution in [0.3, 0.4) is 0 Å². The third-order valence-electron chi connectivity index (χ3n) is 3.26.